The molecule has 112 valence electrons. The lowest BCUT2D eigenvalue weighted by atomic mass is 9.92. The van der Waals surface area contributed by atoms with E-state index in [4.69, 9.17) is 4.74 Å². The second kappa shape index (κ2) is 7.85. The molecule has 0 aromatic carbocycles. The Balaban J connectivity index is 2.67. The first-order chi connectivity index (χ1) is 9.07. The summed E-state index contributed by atoms with van der Waals surface area (Å²) in [5.41, 5.74) is -0.608. The Labute approximate surface area is 117 Å². The number of rotatable bonds is 7. The highest BCUT2D eigenvalue weighted by atomic mass is 16.5. The largest absolute Gasteiger partial charge is 0.465 e. The number of ether oxygens (including phenoxy) is 1. The first-order valence-corrected chi connectivity index (χ1v) is 7.67. The van der Waals surface area contributed by atoms with Gasteiger partial charge >= 0.3 is 5.97 Å². The van der Waals surface area contributed by atoms with Gasteiger partial charge in [-0.25, -0.2) is 0 Å². The highest BCUT2D eigenvalue weighted by Crippen LogP contribution is 2.24. The lowest BCUT2D eigenvalue weighted by Gasteiger charge is -2.39. The summed E-state index contributed by atoms with van der Waals surface area (Å²) in [7, 11) is 1.84. The van der Waals surface area contributed by atoms with E-state index >= 15 is 0 Å². The van der Waals surface area contributed by atoms with Crippen molar-refractivity contribution in [3.63, 3.8) is 0 Å². The van der Waals surface area contributed by atoms with E-state index in [-0.39, 0.29) is 5.97 Å². The van der Waals surface area contributed by atoms with Crippen LogP contribution < -0.4 is 5.32 Å². The fourth-order valence-electron chi connectivity index (χ4n) is 2.89. The van der Waals surface area contributed by atoms with E-state index in [2.05, 4.69) is 17.1 Å². The summed E-state index contributed by atoms with van der Waals surface area (Å²) in [5, 5.41) is 3.15. The van der Waals surface area contributed by atoms with E-state index in [1.807, 2.05) is 20.9 Å². The predicted molar refractivity (Wildman–Crippen MR) is 78.2 cm³/mol. The van der Waals surface area contributed by atoms with Gasteiger partial charge in [-0.1, -0.05) is 26.2 Å². The standard InChI is InChI=1S/C15H30N2O2/c1-5-17(13-10-8-7-9-11-13)12-15(3,16-4)14(18)19-6-2/h13,16H,5-12H2,1-4H3. The second-order valence-corrected chi connectivity index (χ2v) is 5.66. The molecular formula is C15H30N2O2. The summed E-state index contributed by atoms with van der Waals surface area (Å²) in [4.78, 5) is 14.6. The maximum atomic E-state index is 12.1. The number of hydrogen-bond donors (Lipinski definition) is 1. The minimum Gasteiger partial charge on any atom is -0.465 e. The van der Waals surface area contributed by atoms with Gasteiger partial charge in [0.2, 0.25) is 0 Å². The van der Waals surface area contributed by atoms with Crippen LogP contribution >= 0.6 is 0 Å². The van der Waals surface area contributed by atoms with Crippen molar-refractivity contribution < 1.29 is 9.53 Å². The maximum absolute atomic E-state index is 12.1. The quantitative estimate of drug-likeness (QED) is 0.720. The molecule has 19 heavy (non-hydrogen) atoms. The normalized spacial score (nSPS) is 20.3. The van der Waals surface area contributed by atoms with E-state index in [0.29, 0.717) is 12.6 Å². The molecule has 0 aromatic heterocycles. The fourth-order valence-corrected chi connectivity index (χ4v) is 2.89. The maximum Gasteiger partial charge on any atom is 0.327 e. The van der Waals surface area contributed by atoms with Crippen LogP contribution in [0.2, 0.25) is 0 Å². The van der Waals surface area contributed by atoms with Gasteiger partial charge in [0.05, 0.1) is 6.61 Å². The number of esters is 1. The van der Waals surface area contributed by atoms with Gasteiger partial charge in [0.25, 0.3) is 0 Å². The first-order valence-electron chi connectivity index (χ1n) is 7.67. The van der Waals surface area contributed by atoms with E-state index < -0.39 is 5.54 Å². The Morgan fingerprint density at radius 3 is 2.42 bits per heavy atom. The van der Waals surface area contributed by atoms with Crippen molar-refractivity contribution in [2.75, 3.05) is 26.7 Å². The molecule has 1 fully saturated rings. The highest BCUT2D eigenvalue weighted by molar-refractivity contribution is 5.80. The van der Waals surface area contributed by atoms with Crippen LogP contribution in [-0.2, 0) is 9.53 Å². The molecule has 1 N–H and O–H groups in total. The summed E-state index contributed by atoms with van der Waals surface area (Å²) in [6.07, 6.45) is 6.51. The molecule has 1 rings (SSSR count). The van der Waals surface area contributed by atoms with Gasteiger partial charge in [-0.3, -0.25) is 9.69 Å². The average molecular weight is 270 g/mol. The highest BCUT2D eigenvalue weighted by Gasteiger charge is 2.36. The Morgan fingerprint density at radius 2 is 1.95 bits per heavy atom. The van der Waals surface area contributed by atoms with Crippen molar-refractivity contribution in [2.45, 2.75) is 64.5 Å². The topological polar surface area (TPSA) is 41.6 Å². The third-order valence-electron chi connectivity index (χ3n) is 4.29. The van der Waals surface area contributed by atoms with Crippen LogP contribution in [0.4, 0.5) is 0 Å². The van der Waals surface area contributed by atoms with Crippen LogP contribution in [-0.4, -0.2) is 49.2 Å². The monoisotopic (exact) mass is 270 g/mol. The Kier molecular flexibility index (Phi) is 6.80. The van der Waals surface area contributed by atoms with Crippen LogP contribution in [0.15, 0.2) is 0 Å². The average Bonchev–Trinajstić information content (AvgIpc) is 2.45. The third kappa shape index (κ3) is 4.46. The zero-order valence-corrected chi connectivity index (χ0v) is 13.0. The molecule has 1 atom stereocenters. The summed E-state index contributed by atoms with van der Waals surface area (Å²) >= 11 is 0. The molecule has 0 heterocycles. The van der Waals surface area contributed by atoms with Crippen LogP contribution in [0.3, 0.4) is 0 Å². The van der Waals surface area contributed by atoms with Crippen molar-refractivity contribution in [2.24, 2.45) is 0 Å². The molecule has 4 heteroatoms. The van der Waals surface area contributed by atoms with E-state index in [0.717, 1.165) is 13.1 Å². The van der Waals surface area contributed by atoms with Crippen LogP contribution in [0.25, 0.3) is 0 Å². The summed E-state index contributed by atoms with van der Waals surface area (Å²) < 4.78 is 5.20. The number of nitrogens with one attached hydrogen (secondary N) is 1. The number of carbonyl (C=O) groups is 1. The zero-order chi connectivity index (χ0) is 14.3. The molecule has 1 aliphatic rings. The first kappa shape index (κ1) is 16.4. The fraction of sp³-hybridized carbons (Fsp3) is 0.933. The van der Waals surface area contributed by atoms with Crippen molar-refractivity contribution in [3.8, 4) is 0 Å². The second-order valence-electron chi connectivity index (χ2n) is 5.66. The van der Waals surface area contributed by atoms with Crippen molar-refractivity contribution in [3.05, 3.63) is 0 Å². The molecule has 4 nitrogen and oxygen atoms in total. The molecular weight excluding hydrogens is 240 g/mol. The Hall–Kier alpha value is -0.610. The van der Waals surface area contributed by atoms with Crippen LogP contribution in [0.1, 0.15) is 52.9 Å². The number of nitrogens with zero attached hydrogens (tertiary/aromatic N) is 1. The minimum absolute atomic E-state index is 0.147. The molecule has 0 spiro atoms. The van der Waals surface area contributed by atoms with Gasteiger partial charge in [-0.15, -0.1) is 0 Å². The molecule has 0 radical (unpaired) electrons. The van der Waals surface area contributed by atoms with E-state index in [1.54, 1.807) is 0 Å². The number of hydrogen-bond acceptors (Lipinski definition) is 4. The van der Waals surface area contributed by atoms with Crippen molar-refractivity contribution >= 4 is 5.97 Å². The summed E-state index contributed by atoms with van der Waals surface area (Å²) in [6.45, 7) is 8.12. The molecule has 0 aliphatic heterocycles. The van der Waals surface area contributed by atoms with E-state index in [1.165, 1.54) is 32.1 Å². The molecule has 0 saturated heterocycles. The molecule has 1 unspecified atom stereocenters. The molecule has 0 aromatic rings. The Morgan fingerprint density at radius 1 is 1.32 bits per heavy atom. The van der Waals surface area contributed by atoms with Gasteiger partial charge in [0.15, 0.2) is 0 Å². The lowest BCUT2D eigenvalue weighted by Crippen LogP contribution is -2.58. The van der Waals surface area contributed by atoms with Gasteiger partial charge in [-0.2, -0.15) is 0 Å². The number of likely N-dealkylation sites (N-methyl/N-ethyl adjacent to an activating group) is 2. The molecule has 0 amide bonds. The minimum atomic E-state index is -0.608. The SMILES string of the molecule is CCOC(=O)C(C)(CN(CC)C1CCCCC1)NC. The number of carbonyl (C=O) groups excluding carboxylic acids is 1. The van der Waals surface area contributed by atoms with Crippen molar-refractivity contribution in [1.82, 2.24) is 10.2 Å². The molecule has 1 aliphatic carbocycles. The third-order valence-corrected chi connectivity index (χ3v) is 4.29. The lowest BCUT2D eigenvalue weighted by molar-refractivity contribution is -0.151. The smallest absolute Gasteiger partial charge is 0.327 e. The predicted octanol–water partition coefficient (Wildman–Crippen LogP) is 2.18. The Bertz CT molecular complexity index is 277. The van der Waals surface area contributed by atoms with Crippen molar-refractivity contribution in [1.29, 1.82) is 0 Å². The van der Waals surface area contributed by atoms with Crippen LogP contribution in [0, 0.1) is 0 Å². The van der Waals surface area contributed by atoms with Gasteiger partial charge in [0, 0.05) is 12.6 Å². The summed E-state index contributed by atoms with van der Waals surface area (Å²) in [6, 6.07) is 0.626. The molecule has 1 saturated carbocycles. The van der Waals surface area contributed by atoms with Crippen LogP contribution in [0.5, 0.6) is 0 Å². The summed E-state index contributed by atoms with van der Waals surface area (Å²) in [5.74, 6) is -0.147. The van der Waals surface area contributed by atoms with E-state index in [9.17, 15) is 4.79 Å². The zero-order valence-electron chi connectivity index (χ0n) is 13.0. The van der Waals surface area contributed by atoms with Gasteiger partial charge in [0.1, 0.15) is 5.54 Å². The molecule has 0 bridgehead atoms. The van der Waals surface area contributed by atoms with Gasteiger partial charge in [-0.05, 0) is 40.3 Å². The van der Waals surface area contributed by atoms with Gasteiger partial charge < -0.3 is 10.1 Å².